The maximum absolute atomic E-state index is 13.3. The molecule has 0 saturated carbocycles. The minimum Gasteiger partial charge on any atom is -0.497 e. The third-order valence-corrected chi connectivity index (χ3v) is 6.18. The lowest BCUT2D eigenvalue weighted by atomic mass is 9.81. The van der Waals surface area contributed by atoms with Gasteiger partial charge in [-0.15, -0.1) is 13.2 Å². The number of alkyl halides is 3. The molecule has 0 heterocycles. The van der Waals surface area contributed by atoms with Gasteiger partial charge in [-0.05, 0) is 53.1 Å². The first-order valence-corrected chi connectivity index (χ1v) is 11.5. The van der Waals surface area contributed by atoms with Crippen LogP contribution in [-0.2, 0) is 11.4 Å². The van der Waals surface area contributed by atoms with Gasteiger partial charge in [-0.2, -0.15) is 0 Å². The number of hydrogen-bond donors (Lipinski definition) is 2. The molecule has 2 N–H and O–H groups in total. The van der Waals surface area contributed by atoms with Crippen LogP contribution in [0.3, 0.4) is 0 Å². The van der Waals surface area contributed by atoms with E-state index in [9.17, 15) is 27.9 Å². The Balaban J connectivity index is 1.97. The van der Waals surface area contributed by atoms with Crippen LogP contribution < -0.4 is 19.5 Å². The quantitative estimate of drug-likeness (QED) is 0.344. The highest BCUT2D eigenvalue weighted by Crippen LogP contribution is 2.34. The molecule has 37 heavy (non-hydrogen) atoms. The second-order valence-electron chi connectivity index (χ2n) is 9.10. The molecule has 3 aromatic rings. The third kappa shape index (κ3) is 6.84. The minimum absolute atomic E-state index is 0.0777. The number of carboxylic acids is 1. The van der Waals surface area contributed by atoms with Crippen molar-refractivity contribution in [2.75, 3.05) is 7.11 Å². The zero-order valence-corrected chi connectivity index (χ0v) is 20.8. The average molecular weight is 520 g/mol. The molecule has 0 aliphatic heterocycles. The maximum atomic E-state index is 13.3. The number of benzene rings is 3. The summed E-state index contributed by atoms with van der Waals surface area (Å²) in [5.41, 5.74) is -0.0877. The maximum Gasteiger partial charge on any atom is 0.573 e. The SMILES string of the molecule is CCC(C)(C)[C@H](NC(=O)c1ccc2ccc(OC)cc2c1OCc1ccc(OC(F)(F)F)cc1)C(=O)O. The molecule has 0 bridgehead atoms. The van der Waals surface area contributed by atoms with Crippen molar-refractivity contribution in [1.29, 1.82) is 0 Å². The highest BCUT2D eigenvalue weighted by Gasteiger charge is 2.36. The van der Waals surface area contributed by atoms with Gasteiger partial charge in [0.15, 0.2) is 0 Å². The van der Waals surface area contributed by atoms with E-state index in [0.717, 1.165) is 17.5 Å². The predicted molar refractivity (Wildman–Crippen MR) is 131 cm³/mol. The molecule has 1 amide bonds. The number of carbonyl (C=O) groups excluding carboxylic acids is 1. The fraction of sp³-hybridized carbons (Fsp3) is 0.333. The molecule has 0 spiro atoms. The van der Waals surface area contributed by atoms with E-state index in [4.69, 9.17) is 9.47 Å². The topological polar surface area (TPSA) is 94.1 Å². The summed E-state index contributed by atoms with van der Waals surface area (Å²) in [4.78, 5) is 25.3. The lowest BCUT2D eigenvalue weighted by Crippen LogP contribution is -2.50. The third-order valence-electron chi connectivity index (χ3n) is 6.18. The molecule has 7 nitrogen and oxygen atoms in total. The Morgan fingerprint density at radius 2 is 1.62 bits per heavy atom. The number of carboxylic acid groups (broad SMARTS) is 1. The van der Waals surface area contributed by atoms with Crippen molar-refractivity contribution in [3.8, 4) is 17.2 Å². The summed E-state index contributed by atoms with van der Waals surface area (Å²) in [6, 6.07) is 12.5. The van der Waals surface area contributed by atoms with Crippen LogP contribution in [-0.4, -0.2) is 36.5 Å². The number of halogens is 3. The highest BCUT2D eigenvalue weighted by molar-refractivity contribution is 6.05. The van der Waals surface area contributed by atoms with Gasteiger partial charge in [-0.1, -0.05) is 45.0 Å². The van der Waals surface area contributed by atoms with Gasteiger partial charge in [0.25, 0.3) is 5.91 Å². The first kappa shape index (κ1) is 27.6. The van der Waals surface area contributed by atoms with Gasteiger partial charge < -0.3 is 24.6 Å². The van der Waals surface area contributed by atoms with Crippen LogP contribution in [0.15, 0.2) is 54.6 Å². The summed E-state index contributed by atoms with van der Waals surface area (Å²) in [6.07, 6.45) is -4.29. The second kappa shape index (κ2) is 11.0. The van der Waals surface area contributed by atoms with Crippen molar-refractivity contribution in [2.45, 2.75) is 46.2 Å². The molecule has 198 valence electrons. The van der Waals surface area contributed by atoms with Crippen molar-refractivity contribution < 1.29 is 42.1 Å². The number of carbonyl (C=O) groups is 2. The number of ether oxygens (including phenoxy) is 3. The number of fused-ring (bicyclic) bond motifs is 1. The van der Waals surface area contributed by atoms with Crippen molar-refractivity contribution in [3.05, 3.63) is 65.7 Å². The summed E-state index contributed by atoms with van der Waals surface area (Å²) in [7, 11) is 1.49. The van der Waals surface area contributed by atoms with E-state index in [0.29, 0.717) is 23.1 Å². The zero-order chi connectivity index (χ0) is 27.4. The molecular formula is C27H28F3NO6. The summed E-state index contributed by atoms with van der Waals surface area (Å²) >= 11 is 0. The van der Waals surface area contributed by atoms with Crippen LogP contribution in [0.4, 0.5) is 13.2 Å². The number of methoxy groups -OCH3 is 1. The fourth-order valence-electron chi connectivity index (χ4n) is 3.68. The van der Waals surface area contributed by atoms with E-state index in [1.165, 1.54) is 25.3 Å². The minimum atomic E-state index is -4.80. The van der Waals surface area contributed by atoms with Crippen LogP contribution in [0, 0.1) is 5.41 Å². The Morgan fingerprint density at radius 1 is 1.00 bits per heavy atom. The standard InChI is InChI=1S/C27H28F3NO6/c1-5-26(2,3)23(25(33)34)31-24(32)20-13-9-17-8-12-19(35-4)14-21(17)22(20)36-15-16-6-10-18(11-7-16)37-27(28,29)30/h6-14,23H,5,15H2,1-4H3,(H,31,32)(H,33,34)/t23-/m1/s1. The Morgan fingerprint density at radius 3 is 2.19 bits per heavy atom. The van der Waals surface area contributed by atoms with Gasteiger partial charge >= 0.3 is 12.3 Å². The smallest absolute Gasteiger partial charge is 0.497 e. The molecule has 3 aromatic carbocycles. The van der Waals surface area contributed by atoms with E-state index in [1.54, 1.807) is 38.1 Å². The molecule has 0 aliphatic rings. The summed E-state index contributed by atoms with van der Waals surface area (Å²) < 4.78 is 52.6. The number of hydrogen-bond acceptors (Lipinski definition) is 5. The summed E-state index contributed by atoms with van der Waals surface area (Å²) in [5.74, 6) is -1.47. The average Bonchev–Trinajstić information content (AvgIpc) is 2.84. The lowest BCUT2D eigenvalue weighted by molar-refractivity contribution is -0.274. The van der Waals surface area contributed by atoms with Gasteiger partial charge in [0, 0.05) is 5.39 Å². The normalized spacial score (nSPS) is 12.6. The molecule has 1 atom stereocenters. The van der Waals surface area contributed by atoms with E-state index < -0.39 is 29.7 Å². The number of amides is 1. The van der Waals surface area contributed by atoms with Gasteiger partial charge in [-0.25, -0.2) is 4.79 Å². The summed E-state index contributed by atoms with van der Waals surface area (Å²) in [6.45, 7) is 5.26. The molecule has 0 radical (unpaired) electrons. The largest absolute Gasteiger partial charge is 0.573 e. The molecule has 0 fully saturated rings. The van der Waals surface area contributed by atoms with Gasteiger partial charge in [0.1, 0.15) is 29.9 Å². The number of nitrogens with one attached hydrogen (secondary N) is 1. The molecule has 0 saturated heterocycles. The Hall–Kier alpha value is -3.95. The molecule has 3 rings (SSSR count). The Labute approximate surface area is 212 Å². The predicted octanol–water partition coefficient (Wildman–Crippen LogP) is 5.95. The molecule has 10 heteroatoms. The second-order valence-corrected chi connectivity index (χ2v) is 9.10. The van der Waals surface area contributed by atoms with Gasteiger partial charge in [0.05, 0.1) is 12.7 Å². The number of rotatable bonds is 10. The fourth-order valence-corrected chi connectivity index (χ4v) is 3.68. The van der Waals surface area contributed by atoms with E-state index in [-0.39, 0.29) is 23.7 Å². The zero-order valence-electron chi connectivity index (χ0n) is 20.8. The van der Waals surface area contributed by atoms with Gasteiger partial charge in [0.2, 0.25) is 0 Å². The highest BCUT2D eigenvalue weighted by atomic mass is 19.4. The van der Waals surface area contributed by atoms with Crippen molar-refractivity contribution in [3.63, 3.8) is 0 Å². The van der Waals surface area contributed by atoms with E-state index in [1.807, 2.05) is 6.92 Å². The Kier molecular flexibility index (Phi) is 8.20. The monoisotopic (exact) mass is 519 g/mol. The van der Waals surface area contributed by atoms with Crippen LogP contribution in [0.1, 0.15) is 43.1 Å². The molecular weight excluding hydrogens is 491 g/mol. The molecule has 0 aliphatic carbocycles. The van der Waals surface area contributed by atoms with Gasteiger partial charge in [-0.3, -0.25) is 4.79 Å². The van der Waals surface area contributed by atoms with Crippen LogP contribution >= 0.6 is 0 Å². The van der Waals surface area contributed by atoms with Crippen LogP contribution in [0.2, 0.25) is 0 Å². The Bertz CT molecular complexity index is 1270. The van der Waals surface area contributed by atoms with Crippen molar-refractivity contribution in [2.24, 2.45) is 5.41 Å². The van der Waals surface area contributed by atoms with Crippen LogP contribution in [0.5, 0.6) is 17.2 Å². The van der Waals surface area contributed by atoms with Crippen molar-refractivity contribution >= 4 is 22.6 Å². The van der Waals surface area contributed by atoms with E-state index >= 15 is 0 Å². The van der Waals surface area contributed by atoms with Crippen molar-refractivity contribution in [1.82, 2.24) is 5.32 Å². The lowest BCUT2D eigenvalue weighted by Gasteiger charge is -2.31. The first-order chi connectivity index (χ1) is 17.3. The summed E-state index contributed by atoms with van der Waals surface area (Å²) in [5, 5.41) is 13.6. The first-order valence-electron chi connectivity index (χ1n) is 11.5. The van der Waals surface area contributed by atoms with E-state index in [2.05, 4.69) is 10.1 Å². The van der Waals surface area contributed by atoms with Crippen LogP contribution in [0.25, 0.3) is 10.8 Å². The number of aliphatic carboxylic acids is 1. The molecule has 0 aromatic heterocycles. The molecule has 0 unspecified atom stereocenters.